The highest BCUT2D eigenvalue weighted by atomic mass is 28.4. The summed E-state index contributed by atoms with van der Waals surface area (Å²) < 4.78 is 33.3. The molecule has 1 saturated carbocycles. The number of hydrogen-bond acceptors (Lipinski definition) is 6. The summed E-state index contributed by atoms with van der Waals surface area (Å²) in [5.74, 6) is 0. The molecule has 1 aliphatic carbocycles. The Bertz CT molecular complexity index is 1230. The topological polar surface area (TPSA) is 66.4 Å². The van der Waals surface area contributed by atoms with Crippen LogP contribution in [-0.4, -0.2) is 56.7 Å². The Morgan fingerprint density at radius 3 is 1.40 bits per heavy atom. The van der Waals surface area contributed by atoms with E-state index in [0.29, 0.717) is 19.8 Å². The fourth-order valence-electron chi connectivity index (χ4n) is 5.03. The van der Waals surface area contributed by atoms with Gasteiger partial charge in [0.25, 0.3) is 0 Å². The first-order valence-electron chi connectivity index (χ1n) is 15.2. The van der Waals surface area contributed by atoms with Gasteiger partial charge in [0.1, 0.15) is 36.6 Å². The Morgan fingerprint density at radius 1 is 0.628 bits per heavy atom. The zero-order chi connectivity index (χ0) is 30.9. The van der Waals surface area contributed by atoms with Crippen LogP contribution in [0.2, 0.25) is 18.1 Å². The van der Waals surface area contributed by atoms with Crippen LogP contribution in [0.15, 0.2) is 104 Å². The van der Waals surface area contributed by atoms with E-state index >= 15 is 0 Å². The Hall–Kier alpha value is -2.62. The lowest BCUT2D eigenvalue weighted by Gasteiger charge is -2.51. The summed E-state index contributed by atoms with van der Waals surface area (Å²) >= 11 is 0. The highest BCUT2D eigenvalue weighted by molar-refractivity contribution is 6.74. The molecule has 4 rings (SSSR count). The molecule has 0 amide bonds. The predicted molar refractivity (Wildman–Crippen MR) is 173 cm³/mol. The largest absolute Gasteiger partial charge is 0.408 e. The van der Waals surface area contributed by atoms with E-state index in [-0.39, 0.29) is 11.6 Å². The highest BCUT2D eigenvalue weighted by Gasteiger charge is 2.56. The molecule has 3 aromatic carbocycles. The molecule has 1 aliphatic rings. The lowest BCUT2D eigenvalue weighted by atomic mass is 9.84. The number of aliphatic hydroxyl groups is 1. The summed E-state index contributed by atoms with van der Waals surface area (Å²) in [5.41, 5.74) is 3.05. The van der Waals surface area contributed by atoms with E-state index in [1.807, 2.05) is 91.0 Å². The van der Waals surface area contributed by atoms with Gasteiger partial charge in [-0.3, -0.25) is 0 Å². The molecular weight excluding hydrogens is 556 g/mol. The van der Waals surface area contributed by atoms with E-state index in [0.717, 1.165) is 16.7 Å². The molecule has 0 unspecified atom stereocenters. The molecule has 0 saturated heterocycles. The van der Waals surface area contributed by atoms with Crippen LogP contribution in [0.1, 0.15) is 37.5 Å². The van der Waals surface area contributed by atoms with Gasteiger partial charge in [-0.15, -0.1) is 6.58 Å². The third kappa shape index (κ3) is 8.96. The molecule has 0 radical (unpaired) electrons. The van der Waals surface area contributed by atoms with Gasteiger partial charge in [-0.1, -0.05) is 118 Å². The van der Waals surface area contributed by atoms with Crippen LogP contribution in [0.25, 0.3) is 0 Å². The molecule has 6 atom stereocenters. The first kappa shape index (κ1) is 33.3. The average Bonchev–Trinajstić information content (AvgIpc) is 3.00. The van der Waals surface area contributed by atoms with E-state index in [4.69, 9.17) is 23.4 Å². The summed E-state index contributed by atoms with van der Waals surface area (Å²) in [6.07, 6.45) is -2.60. The minimum atomic E-state index is -2.36. The lowest BCUT2D eigenvalue weighted by molar-refractivity contribution is -0.267. The predicted octanol–water partition coefficient (Wildman–Crippen LogP) is 7.08. The maximum atomic E-state index is 12.1. The van der Waals surface area contributed by atoms with Gasteiger partial charge in [-0.2, -0.15) is 0 Å². The van der Waals surface area contributed by atoms with Gasteiger partial charge >= 0.3 is 0 Å². The maximum Gasteiger partial charge on any atom is 0.192 e. The van der Waals surface area contributed by atoms with Gasteiger partial charge in [-0.05, 0) is 34.8 Å². The first-order valence-corrected chi connectivity index (χ1v) is 18.1. The van der Waals surface area contributed by atoms with Crippen molar-refractivity contribution in [3.63, 3.8) is 0 Å². The standard InChI is InChI=1S/C36H48O6Si/c1-7-23-38-34-32(42-43(5,6)36(2,3)4)30(37)31(39-24-27-17-11-8-12-18-27)33(40-25-28-19-13-9-14-20-28)35(34)41-26-29-21-15-10-16-22-29/h7-22,30-35,37H,1,23-26H2,2-6H3/t30-,31+,32-,33-,34+,35+/m0/s1. The van der Waals surface area contributed by atoms with E-state index in [9.17, 15) is 5.11 Å². The molecule has 1 fully saturated rings. The second kappa shape index (κ2) is 15.4. The molecule has 232 valence electrons. The number of benzene rings is 3. The number of rotatable bonds is 14. The minimum absolute atomic E-state index is 0.0862. The summed E-state index contributed by atoms with van der Waals surface area (Å²) in [7, 11) is -2.36. The summed E-state index contributed by atoms with van der Waals surface area (Å²) in [4.78, 5) is 0. The fraction of sp³-hybridized carbons (Fsp3) is 0.444. The Balaban J connectivity index is 1.73. The van der Waals surface area contributed by atoms with Gasteiger partial charge in [0.05, 0.1) is 26.4 Å². The van der Waals surface area contributed by atoms with Crippen molar-refractivity contribution in [2.24, 2.45) is 0 Å². The van der Waals surface area contributed by atoms with Gasteiger partial charge in [0.2, 0.25) is 0 Å². The molecule has 0 aliphatic heterocycles. The molecule has 0 bridgehead atoms. The van der Waals surface area contributed by atoms with Crippen molar-refractivity contribution in [2.75, 3.05) is 6.61 Å². The second-order valence-corrected chi connectivity index (χ2v) is 17.5. The SMILES string of the molecule is C=CCO[C@H]1[C@H](OCc2ccccc2)[C@@H](OCc2ccccc2)[C@H](OCc2ccccc2)[C@H](O)[C@@H]1O[Si](C)(C)C(C)(C)C. The van der Waals surface area contributed by atoms with Crippen LogP contribution < -0.4 is 0 Å². The van der Waals surface area contributed by atoms with Gasteiger partial charge in [-0.25, -0.2) is 0 Å². The third-order valence-corrected chi connectivity index (χ3v) is 12.9. The molecule has 7 heteroatoms. The van der Waals surface area contributed by atoms with E-state index in [1.165, 1.54) is 0 Å². The second-order valence-electron chi connectivity index (χ2n) is 12.7. The van der Waals surface area contributed by atoms with Crippen molar-refractivity contribution >= 4 is 8.32 Å². The molecule has 43 heavy (non-hydrogen) atoms. The summed E-state index contributed by atoms with van der Waals surface area (Å²) in [6.45, 7) is 16.1. The van der Waals surface area contributed by atoms with Crippen LogP contribution in [0.4, 0.5) is 0 Å². The summed E-state index contributed by atoms with van der Waals surface area (Å²) in [6, 6.07) is 30.0. The van der Waals surface area contributed by atoms with Crippen LogP contribution in [-0.2, 0) is 43.2 Å². The molecule has 3 aromatic rings. The van der Waals surface area contributed by atoms with E-state index in [1.54, 1.807) is 6.08 Å². The van der Waals surface area contributed by atoms with Crippen molar-refractivity contribution in [2.45, 2.75) is 95.3 Å². The Morgan fingerprint density at radius 2 is 1.00 bits per heavy atom. The summed E-state index contributed by atoms with van der Waals surface area (Å²) in [5, 5.41) is 12.0. The van der Waals surface area contributed by atoms with Crippen LogP contribution in [0, 0.1) is 0 Å². The number of hydrogen-bond donors (Lipinski definition) is 1. The molecular formula is C36H48O6Si. The van der Waals surface area contributed by atoms with Crippen molar-refractivity contribution < 1.29 is 28.5 Å². The van der Waals surface area contributed by atoms with Crippen LogP contribution in [0.5, 0.6) is 0 Å². The third-order valence-electron chi connectivity index (χ3n) is 8.47. The van der Waals surface area contributed by atoms with Crippen molar-refractivity contribution in [3.05, 3.63) is 120 Å². The molecule has 6 nitrogen and oxygen atoms in total. The quantitative estimate of drug-likeness (QED) is 0.157. The Kier molecular flexibility index (Phi) is 11.9. The molecule has 0 spiro atoms. The van der Waals surface area contributed by atoms with Gasteiger partial charge in [0, 0.05) is 0 Å². The van der Waals surface area contributed by atoms with Crippen molar-refractivity contribution in [1.29, 1.82) is 0 Å². The molecule has 0 aromatic heterocycles. The smallest absolute Gasteiger partial charge is 0.192 e. The maximum absolute atomic E-state index is 12.1. The van der Waals surface area contributed by atoms with Crippen LogP contribution in [0.3, 0.4) is 0 Å². The van der Waals surface area contributed by atoms with Crippen molar-refractivity contribution in [3.8, 4) is 0 Å². The molecule has 0 heterocycles. The average molecular weight is 605 g/mol. The van der Waals surface area contributed by atoms with E-state index < -0.39 is 44.9 Å². The van der Waals surface area contributed by atoms with Gasteiger partial charge < -0.3 is 28.5 Å². The zero-order valence-corrected chi connectivity index (χ0v) is 27.2. The number of ether oxygens (including phenoxy) is 4. The molecule has 1 N–H and O–H groups in total. The van der Waals surface area contributed by atoms with Crippen LogP contribution >= 0.6 is 0 Å². The Labute approximate surface area is 258 Å². The van der Waals surface area contributed by atoms with Crippen molar-refractivity contribution in [1.82, 2.24) is 0 Å². The fourth-order valence-corrected chi connectivity index (χ4v) is 6.34. The first-order chi connectivity index (χ1) is 20.6. The zero-order valence-electron chi connectivity index (χ0n) is 26.2. The normalized spacial score (nSPS) is 24.5. The minimum Gasteiger partial charge on any atom is -0.408 e. The lowest BCUT2D eigenvalue weighted by Crippen LogP contribution is -2.68. The number of aliphatic hydroxyl groups excluding tert-OH is 1. The highest BCUT2D eigenvalue weighted by Crippen LogP contribution is 2.41. The van der Waals surface area contributed by atoms with Gasteiger partial charge in [0.15, 0.2) is 8.32 Å². The van der Waals surface area contributed by atoms with E-state index in [2.05, 4.69) is 40.4 Å². The monoisotopic (exact) mass is 604 g/mol.